The molecule has 0 aromatic heterocycles. The molecule has 134 valence electrons. The molecule has 2 N–H and O–H groups in total. The molecule has 3 rings (SSSR count). The van der Waals surface area contributed by atoms with E-state index in [1.165, 1.54) is 23.2 Å². The summed E-state index contributed by atoms with van der Waals surface area (Å²) in [7, 11) is 0. The van der Waals surface area contributed by atoms with E-state index in [2.05, 4.69) is 15.7 Å². The summed E-state index contributed by atoms with van der Waals surface area (Å²) in [6.07, 6.45) is 0. The third-order valence-electron chi connectivity index (χ3n) is 3.78. The summed E-state index contributed by atoms with van der Waals surface area (Å²) >= 11 is 5.73. The minimum Gasteiger partial charge on any atom is -0.345 e. The van der Waals surface area contributed by atoms with Gasteiger partial charge in [0.1, 0.15) is 11.9 Å². The molecule has 0 saturated heterocycles. The van der Waals surface area contributed by atoms with Gasteiger partial charge in [-0.05, 0) is 36.8 Å². The van der Waals surface area contributed by atoms with Gasteiger partial charge in [0, 0.05) is 6.54 Å². The highest BCUT2D eigenvalue weighted by atomic mass is 35.5. The van der Waals surface area contributed by atoms with Gasteiger partial charge in [-0.3, -0.25) is 15.0 Å². The molecule has 8 heteroatoms. The number of hydrazine groups is 1. The molecular weight excluding hydrogens is 359 g/mol. The van der Waals surface area contributed by atoms with Crippen molar-refractivity contribution in [2.45, 2.75) is 19.5 Å². The van der Waals surface area contributed by atoms with Crippen LogP contribution < -0.4 is 15.8 Å². The number of carbonyl (C=O) groups is 2. The Morgan fingerprint density at radius 2 is 2.04 bits per heavy atom. The number of amides is 2. The number of amidine groups is 1. The third kappa shape index (κ3) is 3.83. The first-order chi connectivity index (χ1) is 12.5. The maximum absolute atomic E-state index is 13.2. The van der Waals surface area contributed by atoms with E-state index < -0.39 is 17.8 Å². The maximum atomic E-state index is 13.2. The number of nitrogens with one attached hydrogen (secondary N) is 2. The lowest BCUT2D eigenvalue weighted by Crippen LogP contribution is -2.57. The Morgan fingerprint density at radius 1 is 1.31 bits per heavy atom. The Bertz CT molecular complexity index is 873. The number of aliphatic imine (C=N–C) groups is 1. The van der Waals surface area contributed by atoms with E-state index >= 15 is 0 Å². The first kappa shape index (κ1) is 17.9. The SMILES string of the molecule is CC1N=C(C(=O)NCc2ccc(F)c(Cl)c2)NN(c2ccccc2)C1=O. The fourth-order valence-corrected chi connectivity index (χ4v) is 2.62. The van der Waals surface area contributed by atoms with Crippen LogP contribution in [0.4, 0.5) is 10.1 Å². The Labute approximate surface area is 154 Å². The van der Waals surface area contributed by atoms with Gasteiger partial charge in [-0.15, -0.1) is 0 Å². The largest absolute Gasteiger partial charge is 0.345 e. The van der Waals surface area contributed by atoms with Crippen LogP contribution in [0.3, 0.4) is 0 Å². The highest BCUT2D eigenvalue weighted by Gasteiger charge is 2.30. The molecule has 0 bridgehead atoms. The Morgan fingerprint density at radius 3 is 2.73 bits per heavy atom. The van der Waals surface area contributed by atoms with Gasteiger partial charge in [0.2, 0.25) is 5.84 Å². The maximum Gasteiger partial charge on any atom is 0.288 e. The summed E-state index contributed by atoms with van der Waals surface area (Å²) in [5, 5.41) is 3.95. The van der Waals surface area contributed by atoms with Crippen molar-refractivity contribution in [1.82, 2.24) is 10.7 Å². The molecule has 6 nitrogen and oxygen atoms in total. The zero-order chi connectivity index (χ0) is 18.7. The fraction of sp³-hybridized carbons (Fsp3) is 0.167. The summed E-state index contributed by atoms with van der Waals surface area (Å²) < 4.78 is 13.2. The highest BCUT2D eigenvalue weighted by Crippen LogP contribution is 2.17. The second-order valence-corrected chi connectivity index (χ2v) is 6.11. The highest BCUT2D eigenvalue weighted by molar-refractivity contribution is 6.39. The van der Waals surface area contributed by atoms with E-state index in [4.69, 9.17) is 11.6 Å². The minimum absolute atomic E-state index is 0.0145. The first-order valence-corrected chi connectivity index (χ1v) is 8.29. The summed E-state index contributed by atoms with van der Waals surface area (Å²) in [5.41, 5.74) is 3.99. The van der Waals surface area contributed by atoms with Gasteiger partial charge in [-0.2, -0.15) is 0 Å². The van der Waals surface area contributed by atoms with Gasteiger partial charge in [-0.1, -0.05) is 35.9 Å². The third-order valence-corrected chi connectivity index (χ3v) is 4.07. The standard InChI is InChI=1S/C18H16ClFN4O2/c1-11-18(26)24(13-5-3-2-4-6-13)23-16(22-11)17(25)21-10-12-7-8-15(20)14(19)9-12/h2-9,11H,10H2,1H3,(H,21,25)(H,22,23). The van der Waals surface area contributed by atoms with Gasteiger partial charge in [0.15, 0.2) is 0 Å². The van der Waals surface area contributed by atoms with Crippen LogP contribution in [0.5, 0.6) is 0 Å². The normalized spacial score (nSPS) is 16.7. The van der Waals surface area contributed by atoms with Gasteiger partial charge in [0.05, 0.1) is 10.7 Å². The molecule has 1 aliphatic rings. The summed E-state index contributed by atoms with van der Waals surface area (Å²) in [4.78, 5) is 28.8. The lowest BCUT2D eigenvalue weighted by molar-refractivity contribution is -0.120. The summed E-state index contributed by atoms with van der Waals surface area (Å²) in [6.45, 7) is 1.76. The average Bonchev–Trinajstić information content (AvgIpc) is 2.65. The van der Waals surface area contributed by atoms with Gasteiger partial charge < -0.3 is 5.32 Å². The molecule has 1 heterocycles. The molecule has 0 radical (unpaired) electrons. The molecule has 1 unspecified atom stereocenters. The van der Waals surface area contributed by atoms with E-state index in [1.54, 1.807) is 31.2 Å². The number of nitrogens with zero attached hydrogens (tertiary/aromatic N) is 2. The predicted molar refractivity (Wildman–Crippen MR) is 97.2 cm³/mol. The van der Waals surface area contributed by atoms with E-state index in [1.807, 2.05) is 6.07 Å². The molecule has 1 aliphatic heterocycles. The number of carbonyl (C=O) groups excluding carboxylic acids is 2. The van der Waals surface area contributed by atoms with Gasteiger partial charge >= 0.3 is 0 Å². The van der Waals surface area contributed by atoms with Crippen molar-refractivity contribution in [2.75, 3.05) is 5.01 Å². The van der Waals surface area contributed by atoms with Crippen LogP contribution in [-0.2, 0) is 16.1 Å². The summed E-state index contributed by atoms with van der Waals surface area (Å²) in [5.74, 6) is -1.25. The van der Waals surface area contributed by atoms with E-state index in [0.717, 1.165) is 0 Å². The van der Waals surface area contributed by atoms with Crippen LogP contribution in [0.1, 0.15) is 12.5 Å². The zero-order valence-electron chi connectivity index (χ0n) is 13.9. The Balaban J connectivity index is 1.71. The molecule has 2 aromatic rings. The average molecular weight is 375 g/mol. The smallest absolute Gasteiger partial charge is 0.288 e. The van der Waals surface area contributed by atoms with Crippen LogP contribution in [0, 0.1) is 5.82 Å². The van der Waals surface area contributed by atoms with Crippen LogP contribution in [0.25, 0.3) is 0 Å². The molecule has 0 saturated carbocycles. The molecule has 1 atom stereocenters. The molecule has 26 heavy (non-hydrogen) atoms. The molecule has 0 spiro atoms. The summed E-state index contributed by atoms with van der Waals surface area (Å²) in [6, 6.07) is 12.4. The lowest BCUT2D eigenvalue weighted by atomic mass is 10.2. The first-order valence-electron chi connectivity index (χ1n) is 7.91. The minimum atomic E-state index is -0.697. The van der Waals surface area contributed by atoms with Crippen LogP contribution >= 0.6 is 11.6 Å². The zero-order valence-corrected chi connectivity index (χ0v) is 14.6. The predicted octanol–water partition coefficient (Wildman–Crippen LogP) is 2.43. The number of hydrogen-bond donors (Lipinski definition) is 2. The van der Waals surface area contributed by atoms with Gasteiger partial charge in [-0.25, -0.2) is 14.4 Å². The lowest BCUT2D eigenvalue weighted by Gasteiger charge is -2.30. The molecule has 0 fully saturated rings. The van der Waals surface area contributed by atoms with Crippen molar-refractivity contribution in [3.05, 3.63) is 64.9 Å². The number of rotatable bonds is 4. The van der Waals surface area contributed by atoms with Crippen LogP contribution in [0.15, 0.2) is 53.5 Å². The number of hydrogen-bond acceptors (Lipinski definition) is 4. The molecule has 2 aromatic carbocycles. The second-order valence-electron chi connectivity index (χ2n) is 5.71. The molecule has 2 amide bonds. The monoisotopic (exact) mass is 374 g/mol. The number of para-hydroxylation sites is 1. The Kier molecular flexibility index (Phi) is 5.18. The molecule has 0 aliphatic carbocycles. The topological polar surface area (TPSA) is 73.8 Å². The number of halogens is 2. The van der Waals surface area contributed by atoms with Crippen LogP contribution in [0.2, 0.25) is 5.02 Å². The second kappa shape index (κ2) is 7.53. The molecular formula is C18H16ClFN4O2. The number of benzene rings is 2. The quantitative estimate of drug-likeness (QED) is 0.863. The van der Waals surface area contributed by atoms with E-state index in [0.29, 0.717) is 11.3 Å². The van der Waals surface area contributed by atoms with Crippen molar-refractivity contribution in [3.63, 3.8) is 0 Å². The van der Waals surface area contributed by atoms with E-state index in [-0.39, 0.29) is 23.3 Å². The van der Waals surface area contributed by atoms with Crippen molar-refractivity contribution in [1.29, 1.82) is 0 Å². The van der Waals surface area contributed by atoms with Crippen molar-refractivity contribution in [2.24, 2.45) is 4.99 Å². The van der Waals surface area contributed by atoms with Crippen LogP contribution in [-0.4, -0.2) is 23.7 Å². The van der Waals surface area contributed by atoms with Crippen molar-refractivity contribution in [3.8, 4) is 0 Å². The van der Waals surface area contributed by atoms with Gasteiger partial charge in [0.25, 0.3) is 11.8 Å². The van der Waals surface area contributed by atoms with Crippen molar-refractivity contribution < 1.29 is 14.0 Å². The van der Waals surface area contributed by atoms with E-state index in [9.17, 15) is 14.0 Å². The fourth-order valence-electron chi connectivity index (χ4n) is 2.42. The number of anilines is 1. The van der Waals surface area contributed by atoms with Crippen molar-refractivity contribution >= 4 is 34.9 Å². The Hall–Kier alpha value is -2.93.